The van der Waals surface area contributed by atoms with Crippen molar-refractivity contribution in [2.75, 3.05) is 17.2 Å². The van der Waals surface area contributed by atoms with E-state index >= 15 is 0 Å². The SMILES string of the molecule is CCOC(=O)c1c(-c2ccccc2)csc1NC(=O)C(C)Sc1cccc(NC(=O)/C(=C/c2ccco2)NC(=O)c2ccccc2)c1. The summed E-state index contributed by atoms with van der Waals surface area (Å²) < 4.78 is 10.7. The molecular formula is C36H31N3O6S2. The maximum atomic E-state index is 13.3. The number of benzene rings is 3. The summed E-state index contributed by atoms with van der Waals surface area (Å²) in [5.41, 5.74) is 2.69. The lowest BCUT2D eigenvalue weighted by atomic mass is 10.0. The van der Waals surface area contributed by atoms with Gasteiger partial charge in [-0.2, -0.15) is 0 Å². The number of thioether (sulfide) groups is 1. The first-order chi connectivity index (χ1) is 22.8. The van der Waals surface area contributed by atoms with Gasteiger partial charge in [0.15, 0.2) is 0 Å². The Morgan fingerprint density at radius 2 is 1.66 bits per heavy atom. The Labute approximate surface area is 280 Å². The van der Waals surface area contributed by atoms with Crippen molar-refractivity contribution in [1.29, 1.82) is 0 Å². The summed E-state index contributed by atoms with van der Waals surface area (Å²) in [5.74, 6) is -1.43. The molecule has 3 N–H and O–H groups in total. The van der Waals surface area contributed by atoms with Crippen LogP contribution in [-0.2, 0) is 14.3 Å². The van der Waals surface area contributed by atoms with Gasteiger partial charge in [-0.25, -0.2) is 4.79 Å². The molecule has 0 aliphatic heterocycles. The van der Waals surface area contributed by atoms with E-state index in [1.54, 1.807) is 74.5 Å². The first kappa shape index (κ1) is 33.0. The minimum absolute atomic E-state index is 0.0113. The highest BCUT2D eigenvalue weighted by molar-refractivity contribution is 8.00. The molecule has 238 valence electrons. The molecule has 0 aliphatic rings. The van der Waals surface area contributed by atoms with E-state index in [-0.39, 0.29) is 18.2 Å². The van der Waals surface area contributed by atoms with Crippen LogP contribution < -0.4 is 16.0 Å². The van der Waals surface area contributed by atoms with Gasteiger partial charge < -0.3 is 25.1 Å². The van der Waals surface area contributed by atoms with Crippen molar-refractivity contribution in [3.63, 3.8) is 0 Å². The number of furan rings is 1. The van der Waals surface area contributed by atoms with Gasteiger partial charge in [0.05, 0.1) is 18.1 Å². The number of thiophene rings is 1. The van der Waals surface area contributed by atoms with E-state index in [1.165, 1.54) is 35.4 Å². The Balaban J connectivity index is 1.28. The molecule has 11 heteroatoms. The predicted molar refractivity (Wildman–Crippen MR) is 185 cm³/mol. The third-order valence-corrected chi connectivity index (χ3v) is 8.71. The summed E-state index contributed by atoms with van der Waals surface area (Å²) in [7, 11) is 0. The Morgan fingerprint density at radius 1 is 0.915 bits per heavy atom. The van der Waals surface area contributed by atoms with Crippen LogP contribution in [0.1, 0.15) is 40.3 Å². The number of hydrogen-bond acceptors (Lipinski definition) is 8. The molecule has 3 amide bonds. The number of carbonyl (C=O) groups is 4. The van der Waals surface area contributed by atoms with Crippen LogP contribution in [-0.4, -0.2) is 35.5 Å². The standard InChI is InChI=1S/C36H31N3O6S2/c1-3-44-36(43)31-29(24-12-6-4-7-13-24)22-46-35(31)39-32(40)23(2)47-28-18-10-16-26(20-28)37-34(42)30(21-27-17-11-19-45-27)38-33(41)25-14-8-5-9-15-25/h4-23H,3H2,1-2H3,(H,37,42)(H,38,41)(H,39,40)/b30-21-. The van der Waals surface area contributed by atoms with Gasteiger partial charge in [-0.15, -0.1) is 23.1 Å². The van der Waals surface area contributed by atoms with E-state index in [0.717, 1.165) is 10.5 Å². The van der Waals surface area contributed by atoms with Crippen LogP contribution in [0.2, 0.25) is 0 Å². The second-order valence-corrected chi connectivity index (χ2v) is 12.4. The normalized spacial score (nSPS) is 11.7. The van der Waals surface area contributed by atoms with Gasteiger partial charge in [0.1, 0.15) is 22.0 Å². The summed E-state index contributed by atoms with van der Waals surface area (Å²) >= 11 is 2.55. The lowest BCUT2D eigenvalue weighted by Crippen LogP contribution is -2.30. The molecule has 0 saturated heterocycles. The molecule has 9 nitrogen and oxygen atoms in total. The van der Waals surface area contributed by atoms with E-state index in [9.17, 15) is 19.2 Å². The molecule has 3 aromatic carbocycles. The van der Waals surface area contributed by atoms with Crippen LogP contribution in [0.15, 0.2) is 124 Å². The average Bonchev–Trinajstić information content (AvgIpc) is 3.76. The summed E-state index contributed by atoms with van der Waals surface area (Å²) in [6, 6.07) is 28.4. The first-order valence-corrected chi connectivity index (χ1v) is 16.4. The van der Waals surface area contributed by atoms with E-state index in [1.807, 2.05) is 41.8 Å². The highest BCUT2D eigenvalue weighted by atomic mass is 32.2. The number of rotatable bonds is 12. The van der Waals surface area contributed by atoms with Crippen molar-refractivity contribution in [2.24, 2.45) is 0 Å². The van der Waals surface area contributed by atoms with Gasteiger partial charge in [0.25, 0.3) is 11.8 Å². The molecule has 5 rings (SSSR count). The Morgan fingerprint density at radius 3 is 2.36 bits per heavy atom. The minimum atomic E-state index is -0.558. The van der Waals surface area contributed by atoms with Crippen molar-refractivity contribution >= 4 is 63.6 Å². The number of amides is 3. The fourth-order valence-corrected chi connectivity index (χ4v) is 6.35. The molecule has 0 bridgehead atoms. The van der Waals surface area contributed by atoms with Crippen molar-refractivity contribution < 1.29 is 28.3 Å². The first-order valence-electron chi connectivity index (χ1n) is 14.7. The summed E-state index contributed by atoms with van der Waals surface area (Å²) in [4.78, 5) is 53.1. The number of hydrogen-bond donors (Lipinski definition) is 3. The quantitative estimate of drug-likeness (QED) is 0.0708. The predicted octanol–water partition coefficient (Wildman–Crippen LogP) is 7.71. The molecule has 47 heavy (non-hydrogen) atoms. The Hall–Kier alpha value is -5.39. The molecule has 0 spiro atoms. The number of carbonyl (C=O) groups excluding carboxylic acids is 4. The molecule has 5 aromatic rings. The van der Waals surface area contributed by atoms with E-state index in [4.69, 9.17) is 9.15 Å². The van der Waals surface area contributed by atoms with Gasteiger partial charge in [-0.3, -0.25) is 14.4 Å². The molecule has 0 fully saturated rings. The third kappa shape index (κ3) is 8.66. The van der Waals surface area contributed by atoms with Crippen LogP contribution in [0.5, 0.6) is 0 Å². The third-order valence-electron chi connectivity index (χ3n) is 6.72. The van der Waals surface area contributed by atoms with Crippen LogP contribution in [0, 0.1) is 0 Å². The van der Waals surface area contributed by atoms with E-state index in [0.29, 0.717) is 33.1 Å². The molecule has 2 heterocycles. The van der Waals surface area contributed by atoms with Crippen molar-refractivity contribution in [3.8, 4) is 11.1 Å². The van der Waals surface area contributed by atoms with Gasteiger partial charge in [0, 0.05) is 33.2 Å². The fourth-order valence-electron chi connectivity index (χ4n) is 4.46. The van der Waals surface area contributed by atoms with Gasteiger partial charge in [0.2, 0.25) is 5.91 Å². The van der Waals surface area contributed by atoms with Crippen LogP contribution in [0.3, 0.4) is 0 Å². The molecule has 1 atom stereocenters. The fraction of sp³-hybridized carbons (Fsp3) is 0.111. The zero-order valence-corrected chi connectivity index (χ0v) is 27.2. The van der Waals surface area contributed by atoms with Gasteiger partial charge >= 0.3 is 5.97 Å². The zero-order chi connectivity index (χ0) is 33.2. The van der Waals surface area contributed by atoms with Gasteiger partial charge in [-0.05, 0) is 61.9 Å². The van der Waals surface area contributed by atoms with Crippen molar-refractivity contribution in [1.82, 2.24) is 5.32 Å². The maximum Gasteiger partial charge on any atom is 0.341 e. The van der Waals surface area contributed by atoms with Gasteiger partial charge in [-0.1, -0.05) is 54.6 Å². The summed E-state index contributed by atoms with van der Waals surface area (Å²) in [6.07, 6.45) is 2.91. The maximum absolute atomic E-state index is 13.3. The van der Waals surface area contributed by atoms with Crippen LogP contribution in [0.4, 0.5) is 10.7 Å². The molecule has 0 saturated carbocycles. The molecule has 1 unspecified atom stereocenters. The van der Waals surface area contributed by atoms with Crippen LogP contribution in [0.25, 0.3) is 17.2 Å². The number of ether oxygens (including phenoxy) is 1. The highest BCUT2D eigenvalue weighted by Gasteiger charge is 2.25. The number of esters is 1. The van der Waals surface area contributed by atoms with E-state index < -0.39 is 23.0 Å². The second-order valence-electron chi connectivity index (χ2n) is 10.1. The molecule has 0 aliphatic carbocycles. The second kappa shape index (κ2) is 15.7. The lowest BCUT2D eigenvalue weighted by molar-refractivity contribution is -0.115. The topological polar surface area (TPSA) is 127 Å². The summed E-state index contributed by atoms with van der Waals surface area (Å²) in [6.45, 7) is 3.69. The smallest absolute Gasteiger partial charge is 0.341 e. The zero-order valence-electron chi connectivity index (χ0n) is 25.5. The number of nitrogens with one attached hydrogen (secondary N) is 3. The highest BCUT2D eigenvalue weighted by Crippen LogP contribution is 2.37. The summed E-state index contributed by atoms with van der Waals surface area (Å²) in [5, 5.41) is 10.1. The molecule has 2 aromatic heterocycles. The minimum Gasteiger partial charge on any atom is -0.465 e. The molecule has 0 radical (unpaired) electrons. The Kier molecular flexibility index (Phi) is 11.1. The monoisotopic (exact) mass is 665 g/mol. The lowest BCUT2D eigenvalue weighted by Gasteiger charge is -2.14. The number of anilines is 2. The van der Waals surface area contributed by atoms with Crippen molar-refractivity contribution in [3.05, 3.63) is 131 Å². The largest absolute Gasteiger partial charge is 0.465 e. The van der Waals surface area contributed by atoms with Crippen LogP contribution >= 0.6 is 23.1 Å². The van der Waals surface area contributed by atoms with E-state index in [2.05, 4.69) is 16.0 Å². The van der Waals surface area contributed by atoms with Crippen molar-refractivity contribution in [2.45, 2.75) is 24.0 Å². The average molecular weight is 666 g/mol. The Bertz CT molecular complexity index is 1890. The molecular weight excluding hydrogens is 635 g/mol.